The van der Waals surface area contributed by atoms with E-state index < -0.39 is 10.0 Å². The lowest BCUT2D eigenvalue weighted by Gasteiger charge is -2.26. The molecule has 3 aromatic rings. The predicted molar refractivity (Wildman–Crippen MR) is 127 cm³/mol. The highest BCUT2D eigenvalue weighted by Crippen LogP contribution is 2.22. The first-order chi connectivity index (χ1) is 16.0. The van der Waals surface area contributed by atoms with Crippen LogP contribution in [0, 0.1) is 0 Å². The molecule has 1 amide bonds. The molecule has 0 aromatic heterocycles. The minimum atomic E-state index is -3.60. The number of benzene rings is 3. The predicted octanol–water partition coefficient (Wildman–Crippen LogP) is 3.03. The van der Waals surface area contributed by atoms with Crippen molar-refractivity contribution in [3.05, 3.63) is 96.1 Å². The van der Waals surface area contributed by atoms with Gasteiger partial charge in [-0.2, -0.15) is 4.31 Å². The number of sulfonamides is 1. The molecule has 1 aliphatic rings. The van der Waals surface area contributed by atoms with E-state index in [1.54, 1.807) is 24.3 Å². The van der Waals surface area contributed by atoms with Gasteiger partial charge in [0, 0.05) is 18.8 Å². The summed E-state index contributed by atoms with van der Waals surface area (Å²) in [6, 6.07) is 25.8. The van der Waals surface area contributed by atoms with Crippen LogP contribution in [0.15, 0.2) is 89.8 Å². The number of amides is 1. The lowest BCUT2D eigenvalue weighted by Crippen LogP contribution is -2.40. The Morgan fingerprint density at radius 1 is 0.879 bits per heavy atom. The summed E-state index contributed by atoms with van der Waals surface area (Å²) < 4.78 is 32.5. The highest BCUT2D eigenvalue weighted by molar-refractivity contribution is 7.89. The number of ether oxygens (including phenoxy) is 1. The summed E-state index contributed by atoms with van der Waals surface area (Å²) in [6.45, 7) is 1.46. The van der Waals surface area contributed by atoms with Crippen LogP contribution < -0.4 is 10.6 Å². The third kappa shape index (κ3) is 5.78. The molecular formula is C25H27N3O4S. The van der Waals surface area contributed by atoms with Gasteiger partial charge in [0.1, 0.15) is 0 Å². The molecule has 1 saturated heterocycles. The topological polar surface area (TPSA) is 87.7 Å². The lowest BCUT2D eigenvalue weighted by atomic mass is 9.99. The van der Waals surface area contributed by atoms with Crippen LogP contribution in [-0.2, 0) is 19.6 Å². The summed E-state index contributed by atoms with van der Waals surface area (Å²) in [7, 11) is -3.60. The second-order valence-corrected chi connectivity index (χ2v) is 9.66. The average Bonchev–Trinajstić information content (AvgIpc) is 2.88. The molecule has 0 aliphatic carbocycles. The van der Waals surface area contributed by atoms with E-state index in [0.29, 0.717) is 32.0 Å². The van der Waals surface area contributed by atoms with Gasteiger partial charge in [-0.25, -0.2) is 8.42 Å². The maximum Gasteiger partial charge on any atom is 0.243 e. The van der Waals surface area contributed by atoms with Crippen molar-refractivity contribution in [2.45, 2.75) is 10.9 Å². The molecule has 0 unspecified atom stereocenters. The summed E-state index contributed by atoms with van der Waals surface area (Å²) in [6.07, 6.45) is 0. The van der Waals surface area contributed by atoms with Crippen molar-refractivity contribution in [3.8, 4) is 0 Å². The number of hydrogen-bond donors (Lipinski definition) is 2. The van der Waals surface area contributed by atoms with E-state index in [-0.39, 0.29) is 23.4 Å². The van der Waals surface area contributed by atoms with Crippen LogP contribution in [0.1, 0.15) is 17.2 Å². The van der Waals surface area contributed by atoms with Crippen molar-refractivity contribution < 1.29 is 17.9 Å². The fourth-order valence-electron chi connectivity index (χ4n) is 3.75. The number of carbonyl (C=O) groups is 1. The zero-order chi connectivity index (χ0) is 23.1. The van der Waals surface area contributed by atoms with Crippen LogP contribution in [0.2, 0.25) is 0 Å². The summed E-state index contributed by atoms with van der Waals surface area (Å²) in [5.74, 6) is -0.200. The van der Waals surface area contributed by atoms with Crippen molar-refractivity contribution in [1.82, 2.24) is 9.62 Å². The molecular weight excluding hydrogens is 438 g/mol. The summed E-state index contributed by atoms with van der Waals surface area (Å²) in [5, 5.41) is 6.12. The Labute approximate surface area is 194 Å². The van der Waals surface area contributed by atoms with Crippen LogP contribution in [0.3, 0.4) is 0 Å². The molecule has 2 N–H and O–H groups in total. The van der Waals surface area contributed by atoms with Crippen molar-refractivity contribution in [2.24, 2.45) is 0 Å². The van der Waals surface area contributed by atoms with Gasteiger partial charge < -0.3 is 15.4 Å². The molecule has 0 bridgehead atoms. The number of carbonyl (C=O) groups excluding carboxylic acids is 1. The van der Waals surface area contributed by atoms with E-state index in [4.69, 9.17) is 4.74 Å². The zero-order valence-electron chi connectivity index (χ0n) is 18.2. The highest BCUT2D eigenvalue weighted by atomic mass is 32.2. The van der Waals surface area contributed by atoms with Gasteiger partial charge in [0.25, 0.3) is 0 Å². The van der Waals surface area contributed by atoms with Crippen LogP contribution in [0.25, 0.3) is 0 Å². The van der Waals surface area contributed by atoms with Crippen LogP contribution in [0.4, 0.5) is 5.69 Å². The first-order valence-electron chi connectivity index (χ1n) is 10.8. The zero-order valence-corrected chi connectivity index (χ0v) is 19.0. The van der Waals surface area contributed by atoms with Gasteiger partial charge in [0.2, 0.25) is 15.9 Å². The van der Waals surface area contributed by atoms with Gasteiger partial charge in [-0.15, -0.1) is 0 Å². The van der Waals surface area contributed by atoms with E-state index in [2.05, 4.69) is 10.6 Å². The van der Waals surface area contributed by atoms with Crippen LogP contribution in [0.5, 0.6) is 0 Å². The fraction of sp³-hybridized carbons (Fsp3) is 0.240. The molecule has 1 aliphatic heterocycles. The van der Waals surface area contributed by atoms with Gasteiger partial charge >= 0.3 is 0 Å². The van der Waals surface area contributed by atoms with Crippen molar-refractivity contribution in [2.75, 3.05) is 38.2 Å². The third-order valence-electron chi connectivity index (χ3n) is 5.47. The maximum absolute atomic E-state index is 12.9. The van der Waals surface area contributed by atoms with E-state index in [1.807, 2.05) is 60.7 Å². The smallest absolute Gasteiger partial charge is 0.243 e. The first kappa shape index (κ1) is 23.0. The molecule has 0 saturated carbocycles. The van der Waals surface area contributed by atoms with Gasteiger partial charge in [-0.3, -0.25) is 4.79 Å². The van der Waals surface area contributed by atoms with Gasteiger partial charge in [-0.1, -0.05) is 66.7 Å². The number of hydrogen-bond acceptors (Lipinski definition) is 5. The van der Waals surface area contributed by atoms with E-state index >= 15 is 0 Å². The molecule has 1 heterocycles. The Hall–Kier alpha value is -3.20. The number of rotatable bonds is 8. The molecule has 0 atom stereocenters. The van der Waals surface area contributed by atoms with Gasteiger partial charge in [0.15, 0.2) is 0 Å². The monoisotopic (exact) mass is 465 g/mol. The van der Waals surface area contributed by atoms with Gasteiger partial charge in [-0.05, 0) is 29.3 Å². The molecule has 4 rings (SSSR count). The molecule has 7 nitrogen and oxygen atoms in total. The Balaban J connectivity index is 1.43. The van der Waals surface area contributed by atoms with Gasteiger partial charge in [0.05, 0.1) is 30.7 Å². The quantitative estimate of drug-likeness (QED) is 0.534. The SMILES string of the molecule is O=C(CNc1cccc(S(=O)(=O)N2CCOCC2)c1)NC(c1ccccc1)c1ccccc1. The third-order valence-corrected chi connectivity index (χ3v) is 7.36. The molecule has 0 spiro atoms. The van der Waals surface area contributed by atoms with Crippen LogP contribution in [-0.4, -0.2) is 51.5 Å². The first-order valence-corrected chi connectivity index (χ1v) is 12.3. The Kier molecular flexibility index (Phi) is 7.39. The molecule has 1 fully saturated rings. The Bertz CT molecular complexity index is 1130. The van der Waals surface area contributed by atoms with Crippen molar-refractivity contribution in [1.29, 1.82) is 0 Å². The normalized spacial score (nSPS) is 14.7. The second kappa shape index (κ2) is 10.6. The number of morpholine rings is 1. The average molecular weight is 466 g/mol. The summed E-state index contributed by atoms with van der Waals surface area (Å²) in [5.41, 5.74) is 2.53. The highest BCUT2D eigenvalue weighted by Gasteiger charge is 2.26. The fourth-order valence-corrected chi connectivity index (χ4v) is 5.20. The number of nitrogens with zero attached hydrogens (tertiary/aromatic N) is 1. The Morgan fingerprint density at radius 3 is 2.09 bits per heavy atom. The Morgan fingerprint density at radius 2 is 1.48 bits per heavy atom. The molecule has 33 heavy (non-hydrogen) atoms. The number of nitrogens with one attached hydrogen (secondary N) is 2. The molecule has 3 aromatic carbocycles. The molecule has 0 radical (unpaired) electrons. The van der Waals surface area contributed by atoms with E-state index in [0.717, 1.165) is 11.1 Å². The lowest BCUT2D eigenvalue weighted by molar-refractivity contribution is -0.119. The van der Waals surface area contributed by atoms with Crippen molar-refractivity contribution in [3.63, 3.8) is 0 Å². The molecule has 8 heteroatoms. The summed E-state index contributed by atoms with van der Waals surface area (Å²) >= 11 is 0. The summed E-state index contributed by atoms with van der Waals surface area (Å²) in [4.78, 5) is 13.0. The van der Waals surface area contributed by atoms with E-state index in [1.165, 1.54) is 4.31 Å². The number of anilines is 1. The standard InChI is InChI=1S/C25H27N3O4S/c29-24(27-25(20-8-3-1-4-9-20)21-10-5-2-6-11-21)19-26-22-12-7-13-23(18-22)33(30,31)28-14-16-32-17-15-28/h1-13,18,25-26H,14-17,19H2,(H,27,29). The minimum absolute atomic E-state index is 0.0111. The second-order valence-electron chi connectivity index (χ2n) is 7.72. The minimum Gasteiger partial charge on any atom is -0.379 e. The van der Waals surface area contributed by atoms with Crippen LogP contribution >= 0.6 is 0 Å². The van der Waals surface area contributed by atoms with E-state index in [9.17, 15) is 13.2 Å². The largest absolute Gasteiger partial charge is 0.379 e. The van der Waals surface area contributed by atoms with Crippen molar-refractivity contribution >= 4 is 21.6 Å². The molecule has 172 valence electrons. The maximum atomic E-state index is 12.9.